The maximum atomic E-state index is 5.34. The van der Waals surface area contributed by atoms with Gasteiger partial charge >= 0.3 is 0 Å². The van der Waals surface area contributed by atoms with Crippen molar-refractivity contribution in [3.05, 3.63) is 11.8 Å². The molecule has 17 heavy (non-hydrogen) atoms. The minimum absolute atomic E-state index is 0.614. The summed E-state index contributed by atoms with van der Waals surface area (Å²) in [6.07, 6.45) is 0. The van der Waals surface area contributed by atoms with Gasteiger partial charge in [0, 0.05) is 32.5 Å². The minimum atomic E-state index is 0.614. The van der Waals surface area contributed by atoms with E-state index in [-0.39, 0.29) is 0 Å². The van der Waals surface area contributed by atoms with Gasteiger partial charge in [-0.2, -0.15) is 4.98 Å². The SMILES string of the molecule is CNc1nc(C)cc(NCCOCCOC)n1. The quantitative estimate of drug-likeness (QED) is 0.658. The summed E-state index contributed by atoms with van der Waals surface area (Å²) in [5, 5.41) is 6.10. The lowest BCUT2D eigenvalue weighted by molar-refractivity contribution is 0.0759. The second-order valence-electron chi connectivity index (χ2n) is 3.50. The molecule has 0 amide bonds. The van der Waals surface area contributed by atoms with Crippen molar-refractivity contribution in [3.8, 4) is 0 Å². The number of methoxy groups -OCH3 is 1. The molecule has 1 aromatic heterocycles. The Bertz CT molecular complexity index is 333. The van der Waals surface area contributed by atoms with Crippen LogP contribution in [0.1, 0.15) is 5.69 Å². The fraction of sp³-hybridized carbons (Fsp3) is 0.636. The fourth-order valence-electron chi connectivity index (χ4n) is 1.27. The van der Waals surface area contributed by atoms with Crippen molar-refractivity contribution in [2.75, 3.05) is 51.2 Å². The molecule has 0 saturated carbocycles. The van der Waals surface area contributed by atoms with Crippen molar-refractivity contribution in [3.63, 3.8) is 0 Å². The highest BCUT2D eigenvalue weighted by atomic mass is 16.5. The van der Waals surface area contributed by atoms with Crippen LogP contribution in [0.5, 0.6) is 0 Å². The van der Waals surface area contributed by atoms with E-state index in [1.54, 1.807) is 14.2 Å². The standard InChI is InChI=1S/C11H20N4O2/c1-9-8-10(15-11(12-2)14-9)13-4-5-17-7-6-16-3/h8H,4-7H2,1-3H3,(H2,12,13,14,15). The van der Waals surface area contributed by atoms with Gasteiger partial charge in [0.25, 0.3) is 0 Å². The van der Waals surface area contributed by atoms with Crippen molar-refractivity contribution in [1.29, 1.82) is 0 Å². The number of rotatable bonds is 8. The molecule has 0 aliphatic carbocycles. The van der Waals surface area contributed by atoms with Gasteiger partial charge in [0.15, 0.2) is 0 Å². The lowest BCUT2D eigenvalue weighted by Crippen LogP contribution is -2.13. The normalized spacial score (nSPS) is 10.3. The van der Waals surface area contributed by atoms with E-state index in [1.807, 2.05) is 13.0 Å². The van der Waals surface area contributed by atoms with Gasteiger partial charge in [-0.1, -0.05) is 0 Å². The van der Waals surface area contributed by atoms with Crippen molar-refractivity contribution in [2.45, 2.75) is 6.92 Å². The Labute approximate surface area is 102 Å². The molecule has 0 spiro atoms. The van der Waals surface area contributed by atoms with Crippen LogP contribution < -0.4 is 10.6 Å². The monoisotopic (exact) mass is 240 g/mol. The zero-order valence-corrected chi connectivity index (χ0v) is 10.6. The van der Waals surface area contributed by atoms with Gasteiger partial charge in [0.2, 0.25) is 5.95 Å². The number of ether oxygens (including phenoxy) is 2. The van der Waals surface area contributed by atoms with E-state index in [4.69, 9.17) is 9.47 Å². The lowest BCUT2D eigenvalue weighted by atomic mass is 10.4. The summed E-state index contributed by atoms with van der Waals surface area (Å²) >= 11 is 0. The average Bonchev–Trinajstić information content (AvgIpc) is 2.33. The third kappa shape index (κ3) is 5.46. The predicted octanol–water partition coefficient (Wildman–Crippen LogP) is 0.902. The molecule has 0 aromatic carbocycles. The highest BCUT2D eigenvalue weighted by Crippen LogP contribution is 2.08. The molecule has 0 aliphatic rings. The zero-order valence-electron chi connectivity index (χ0n) is 10.6. The second-order valence-corrected chi connectivity index (χ2v) is 3.50. The van der Waals surface area contributed by atoms with E-state index in [0.717, 1.165) is 11.5 Å². The van der Waals surface area contributed by atoms with E-state index in [2.05, 4.69) is 20.6 Å². The molecule has 0 bridgehead atoms. The molecule has 0 aliphatic heterocycles. The summed E-state index contributed by atoms with van der Waals surface area (Å²) in [6, 6.07) is 1.90. The zero-order chi connectivity index (χ0) is 12.5. The van der Waals surface area contributed by atoms with E-state index < -0.39 is 0 Å². The van der Waals surface area contributed by atoms with Crippen molar-refractivity contribution >= 4 is 11.8 Å². The molecule has 6 heteroatoms. The van der Waals surface area contributed by atoms with Gasteiger partial charge in [-0.05, 0) is 6.92 Å². The highest BCUT2D eigenvalue weighted by molar-refractivity contribution is 5.41. The van der Waals surface area contributed by atoms with E-state index in [9.17, 15) is 0 Å². The topological polar surface area (TPSA) is 68.3 Å². The van der Waals surface area contributed by atoms with Gasteiger partial charge in [-0.3, -0.25) is 0 Å². The molecule has 1 heterocycles. The average molecular weight is 240 g/mol. The van der Waals surface area contributed by atoms with E-state index >= 15 is 0 Å². The predicted molar refractivity (Wildman–Crippen MR) is 67.5 cm³/mol. The molecule has 96 valence electrons. The number of aromatic nitrogens is 2. The summed E-state index contributed by atoms with van der Waals surface area (Å²) < 4.78 is 10.2. The minimum Gasteiger partial charge on any atom is -0.382 e. The van der Waals surface area contributed by atoms with Gasteiger partial charge in [-0.25, -0.2) is 4.98 Å². The molecule has 0 atom stereocenters. The Balaban J connectivity index is 2.28. The second kappa shape index (κ2) is 7.81. The van der Waals surface area contributed by atoms with Gasteiger partial charge < -0.3 is 20.1 Å². The molecule has 0 saturated heterocycles. The van der Waals surface area contributed by atoms with Crippen LogP contribution in [0.25, 0.3) is 0 Å². The smallest absolute Gasteiger partial charge is 0.224 e. The van der Waals surface area contributed by atoms with Crippen LogP contribution in [0, 0.1) is 6.92 Å². The fourth-order valence-corrected chi connectivity index (χ4v) is 1.27. The summed E-state index contributed by atoms with van der Waals surface area (Å²) in [7, 11) is 3.46. The van der Waals surface area contributed by atoms with Crippen molar-refractivity contribution in [2.24, 2.45) is 0 Å². The third-order valence-electron chi connectivity index (χ3n) is 2.06. The first kappa shape index (κ1) is 13.7. The summed E-state index contributed by atoms with van der Waals surface area (Å²) in [4.78, 5) is 8.48. The Hall–Kier alpha value is -1.40. The van der Waals surface area contributed by atoms with Gasteiger partial charge in [0.1, 0.15) is 5.82 Å². The number of hydrogen-bond acceptors (Lipinski definition) is 6. The summed E-state index contributed by atoms with van der Waals surface area (Å²) in [5.41, 5.74) is 0.923. The Morgan fingerprint density at radius 3 is 2.76 bits per heavy atom. The van der Waals surface area contributed by atoms with Crippen molar-refractivity contribution in [1.82, 2.24) is 9.97 Å². The molecule has 0 unspecified atom stereocenters. The first-order valence-corrected chi connectivity index (χ1v) is 5.60. The molecule has 1 aromatic rings. The number of hydrogen-bond donors (Lipinski definition) is 2. The Morgan fingerprint density at radius 1 is 1.24 bits per heavy atom. The van der Waals surface area contributed by atoms with Crippen LogP contribution in [0.3, 0.4) is 0 Å². The molecule has 1 rings (SSSR count). The van der Waals surface area contributed by atoms with Crippen LogP contribution in [0.15, 0.2) is 6.07 Å². The highest BCUT2D eigenvalue weighted by Gasteiger charge is 1.99. The van der Waals surface area contributed by atoms with E-state index in [1.165, 1.54) is 0 Å². The molecule has 2 N–H and O–H groups in total. The van der Waals surface area contributed by atoms with Crippen LogP contribution >= 0.6 is 0 Å². The maximum absolute atomic E-state index is 5.34. The number of nitrogens with zero attached hydrogens (tertiary/aromatic N) is 2. The maximum Gasteiger partial charge on any atom is 0.224 e. The van der Waals surface area contributed by atoms with Crippen LogP contribution in [-0.2, 0) is 9.47 Å². The molecule has 0 fully saturated rings. The molecular formula is C11H20N4O2. The van der Waals surface area contributed by atoms with Crippen LogP contribution in [-0.4, -0.2) is 50.5 Å². The molecular weight excluding hydrogens is 220 g/mol. The van der Waals surface area contributed by atoms with Gasteiger partial charge in [-0.15, -0.1) is 0 Å². The molecule has 6 nitrogen and oxygen atoms in total. The van der Waals surface area contributed by atoms with Crippen LogP contribution in [0.4, 0.5) is 11.8 Å². The van der Waals surface area contributed by atoms with Gasteiger partial charge in [0.05, 0.1) is 19.8 Å². The Morgan fingerprint density at radius 2 is 2.06 bits per heavy atom. The first-order chi connectivity index (χ1) is 8.26. The van der Waals surface area contributed by atoms with E-state index in [0.29, 0.717) is 32.3 Å². The largest absolute Gasteiger partial charge is 0.382 e. The summed E-state index contributed by atoms with van der Waals surface area (Å²) in [5.74, 6) is 1.42. The van der Waals surface area contributed by atoms with Crippen LogP contribution in [0.2, 0.25) is 0 Å². The third-order valence-corrected chi connectivity index (χ3v) is 2.06. The Kier molecular flexibility index (Phi) is 6.27. The van der Waals surface area contributed by atoms with Crippen molar-refractivity contribution < 1.29 is 9.47 Å². The molecule has 0 radical (unpaired) electrons. The first-order valence-electron chi connectivity index (χ1n) is 5.60. The number of nitrogens with one attached hydrogen (secondary N) is 2. The number of anilines is 2. The number of aryl methyl sites for hydroxylation is 1. The summed E-state index contributed by atoms with van der Waals surface area (Å²) in [6.45, 7) is 4.51. The lowest BCUT2D eigenvalue weighted by Gasteiger charge is -2.08.